The predicted octanol–water partition coefficient (Wildman–Crippen LogP) is 3.60. The Balaban J connectivity index is 2.36. The Morgan fingerprint density at radius 2 is 1.79 bits per heavy atom. The van der Waals surface area contributed by atoms with E-state index in [1.807, 2.05) is 0 Å². The van der Waals surface area contributed by atoms with Crippen molar-refractivity contribution in [3.05, 3.63) is 47.5 Å². The Morgan fingerprint density at radius 3 is 2.37 bits per heavy atom. The van der Waals surface area contributed by atoms with Crippen molar-refractivity contribution in [1.29, 1.82) is 0 Å². The highest BCUT2D eigenvalue weighted by Gasteiger charge is 2.11. The SMILES string of the molecule is CS(=O)(=O)c1ccc(Sc2ccccc2O)c(Cl)c1. The number of para-hydroxylation sites is 1. The van der Waals surface area contributed by atoms with Gasteiger partial charge in [0, 0.05) is 11.2 Å². The number of hydrogen-bond acceptors (Lipinski definition) is 4. The molecule has 0 heterocycles. The topological polar surface area (TPSA) is 54.4 Å². The lowest BCUT2D eigenvalue weighted by Gasteiger charge is -2.07. The van der Waals surface area contributed by atoms with Gasteiger partial charge in [0.25, 0.3) is 0 Å². The van der Waals surface area contributed by atoms with Gasteiger partial charge in [0.2, 0.25) is 0 Å². The van der Waals surface area contributed by atoms with Crippen molar-refractivity contribution in [3.63, 3.8) is 0 Å². The summed E-state index contributed by atoms with van der Waals surface area (Å²) in [6.07, 6.45) is 1.13. The molecule has 100 valence electrons. The van der Waals surface area contributed by atoms with E-state index in [9.17, 15) is 13.5 Å². The van der Waals surface area contributed by atoms with Crippen molar-refractivity contribution in [2.24, 2.45) is 0 Å². The first-order chi connectivity index (χ1) is 8.88. The fourth-order valence-corrected chi connectivity index (χ4v) is 3.31. The lowest BCUT2D eigenvalue weighted by molar-refractivity contribution is 0.462. The van der Waals surface area contributed by atoms with Crippen LogP contribution in [0.3, 0.4) is 0 Å². The summed E-state index contributed by atoms with van der Waals surface area (Å²) >= 11 is 7.35. The molecular weight excluding hydrogens is 304 g/mol. The molecular formula is C13H11ClO3S2. The fourth-order valence-electron chi connectivity index (χ4n) is 1.46. The van der Waals surface area contributed by atoms with Gasteiger partial charge in [0.1, 0.15) is 5.75 Å². The van der Waals surface area contributed by atoms with Crippen molar-refractivity contribution in [2.45, 2.75) is 14.7 Å². The van der Waals surface area contributed by atoms with Gasteiger partial charge < -0.3 is 5.11 Å². The predicted molar refractivity (Wildman–Crippen MR) is 76.8 cm³/mol. The molecule has 19 heavy (non-hydrogen) atoms. The maximum Gasteiger partial charge on any atom is 0.175 e. The summed E-state index contributed by atoms with van der Waals surface area (Å²) in [7, 11) is -3.27. The van der Waals surface area contributed by atoms with Gasteiger partial charge in [-0.25, -0.2) is 8.42 Å². The first-order valence-corrected chi connectivity index (χ1v) is 8.42. The number of phenols is 1. The lowest BCUT2D eigenvalue weighted by Crippen LogP contribution is -1.96. The van der Waals surface area contributed by atoms with Gasteiger partial charge in [-0.15, -0.1) is 0 Å². The zero-order valence-electron chi connectivity index (χ0n) is 10.00. The van der Waals surface area contributed by atoms with E-state index in [0.29, 0.717) is 14.8 Å². The number of rotatable bonds is 3. The second-order valence-electron chi connectivity index (χ2n) is 3.93. The summed E-state index contributed by atoms with van der Waals surface area (Å²) in [5.41, 5.74) is 0. The maximum atomic E-state index is 11.4. The second kappa shape index (κ2) is 5.45. The Kier molecular flexibility index (Phi) is 4.08. The zero-order chi connectivity index (χ0) is 14.0. The molecule has 0 aliphatic carbocycles. The molecule has 0 aliphatic rings. The van der Waals surface area contributed by atoms with Crippen LogP contribution in [0.15, 0.2) is 57.2 Å². The van der Waals surface area contributed by atoms with E-state index >= 15 is 0 Å². The third-order valence-corrected chi connectivity index (χ3v) is 5.09. The van der Waals surface area contributed by atoms with Gasteiger partial charge in [-0.05, 0) is 30.3 Å². The Hall–Kier alpha value is -1.17. The van der Waals surface area contributed by atoms with Crippen LogP contribution in [0.25, 0.3) is 0 Å². The van der Waals surface area contributed by atoms with Crippen LogP contribution in [0.5, 0.6) is 5.75 Å². The molecule has 0 bridgehead atoms. The highest BCUT2D eigenvalue weighted by atomic mass is 35.5. The molecule has 2 aromatic rings. The summed E-state index contributed by atoms with van der Waals surface area (Å²) in [4.78, 5) is 1.53. The average molecular weight is 315 g/mol. The van der Waals surface area contributed by atoms with Crippen LogP contribution in [0, 0.1) is 0 Å². The van der Waals surface area contributed by atoms with Crippen molar-refractivity contribution in [3.8, 4) is 5.75 Å². The molecule has 2 rings (SSSR count). The highest BCUT2D eigenvalue weighted by molar-refractivity contribution is 7.99. The van der Waals surface area contributed by atoms with E-state index < -0.39 is 9.84 Å². The molecule has 0 saturated carbocycles. The first-order valence-electron chi connectivity index (χ1n) is 5.33. The molecule has 0 amide bonds. The van der Waals surface area contributed by atoms with Crippen molar-refractivity contribution in [2.75, 3.05) is 6.26 Å². The smallest absolute Gasteiger partial charge is 0.175 e. The third kappa shape index (κ3) is 3.43. The van der Waals surface area contributed by atoms with E-state index in [2.05, 4.69) is 0 Å². The standard InChI is InChI=1S/C13H11ClO3S2/c1-19(16,17)9-6-7-12(10(14)8-9)18-13-5-3-2-4-11(13)15/h2-8,15H,1H3. The molecule has 6 heteroatoms. The van der Waals surface area contributed by atoms with Gasteiger partial charge >= 0.3 is 0 Å². The minimum atomic E-state index is -3.27. The minimum Gasteiger partial charge on any atom is -0.507 e. The van der Waals surface area contributed by atoms with Crippen molar-refractivity contribution < 1.29 is 13.5 Å². The molecule has 0 saturated heterocycles. The second-order valence-corrected chi connectivity index (χ2v) is 7.44. The first kappa shape index (κ1) is 14.2. The minimum absolute atomic E-state index is 0.163. The molecule has 0 aliphatic heterocycles. The van der Waals surface area contributed by atoms with E-state index in [-0.39, 0.29) is 10.6 Å². The number of aromatic hydroxyl groups is 1. The van der Waals surface area contributed by atoms with E-state index in [0.717, 1.165) is 6.26 Å². The molecule has 0 unspecified atom stereocenters. The molecule has 0 spiro atoms. The maximum absolute atomic E-state index is 11.4. The zero-order valence-corrected chi connectivity index (χ0v) is 12.4. The summed E-state index contributed by atoms with van der Waals surface area (Å²) in [5.74, 6) is 0.163. The average Bonchev–Trinajstić information content (AvgIpc) is 2.33. The molecule has 0 aromatic heterocycles. The molecule has 3 nitrogen and oxygen atoms in total. The summed E-state index contributed by atoms with van der Waals surface area (Å²) < 4.78 is 22.8. The van der Waals surface area contributed by atoms with Gasteiger partial charge in [-0.2, -0.15) is 0 Å². The number of benzene rings is 2. The Labute approximate surface area is 121 Å². The van der Waals surface area contributed by atoms with Gasteiger partial charge in [0.05, 0.1) is 14.8 Å². The summed E-state index contributed by atoms with van der Waals surface area (Å²) in [5, 5.41) is 10.0. The Bertz CT molecular complexity index is 712. The molecule has 1 N–H and O–H groups in total. The van der Waals surface area contributed by atoms with Gasteiger partial charge in [-0.3, -0.25) is 0 Å². The van der Waals surface area contributed by atoms with Crippen LogP contribution in [0.2, 0.25) is 5.02 Å². The van der Waals surface area contributed by atoms with Crippen LogP contribution in [0.4, 0.5) is 0 Å². The van der Waals surface area contributed by atoms with Gasteiger partial charge in [0.15, 0.2) is 9.84 Å². The molecule has 2 aromatic carbocycles. The molecule has 0 fully saturated rings. The van der Waals surface area contributed by atoms with E-state index in [1.165, 1.54) is 23.9 Å². The van der Waals surface area contributed by atoms with Gasteiger partial charge in [-0.1, -0.05) is 35.5 Å². The number of hydrogen-bond donors (Lipinski definition) is 1. The third-order valence-electron chi connectivity index (χ3n) is 2.42. The summed E-state index contributed by atoms with van der Waals surface area (Å²) in [6, 6.07) is 11.4. The number of phenolic OH excluding ortho intramolecular Hbond substituents is 1. The largest absolute Gasteiger partial charge is 0.507 e. The van der Waals surface area contributed by atoms with E-state index in [4.69, 9.17) is 11.6 Å². The van der Waals surface area contributed by atoms with Crippen LogP contribution in [-0.2, 0) is 9.84 Å². The quantitative estimate of drug-likeness (QED) is 0.940. The van der Waals surface area contributed by atoms with E-state index in [1.54, 1.807) is 30.3 Å². The lowest BCUT2D eigenvalue weighted by atomic mass is 10.3. The van der Waals surface area contributed by atoms with Crippen molar-refractivity contribution >= 4 is 33.2 Å². The Morgan fingerprint density at radius 1 is 1.11 bits per heavy atom. The van der Waals surface area contributed by atoms with Crippen LogP contribution in [-0.4, -0.2) is 19.8 Å². The summed E-state index contributed by atoms with van der Waals surface area (Å²) in [6.45, 7) is 0. The van der Waals surface area contributed by atoms with Crippen LogP contribution < -0.4 is 0 Å². The fraction of sp³-hybridized carbons (Fsp3) is 0.0769. The molecule has 0 atom stereocenters. The monoisotopic (exact) mass is 314 g/mol. The van der Waals surface area contributed by atoms with Crippen LogP contribution in [0.1, 0.15) is 0 Å². The molecule has 0 radical (unpaired) electrons. The van der Waals surface area contributed by atoms with Crippen LogP contribution >= 0.6 is 23.4 Å². The number of sulfone groups is 1. The highest BCUT2D eigenvalue weighted by Crippen LogP contribution is 2.38. The van der Waals surface area contributed by atoms with Crippen molar-refractivity contribution in [1.82, 2.24) is 0 Å². The number of halogens is 1. The normalized spacial score (nSPS) is 11.5.